The van der Waals surface area contributed by atoms with E-state index in [0.717, 1.165) is 22.6 Å². The van der Waals surface area contributed by atoms with Gasteiger partial charge in [-0.3, -0.25) is 9.69 Å². The van der Waals surface area contributed by atoms with Crippen molar-refractivity contribution in [1.29, 1.82) is 0 Å². The summed E-state index contributed by atoms with van der Waals surface area (Å²) in [6, 6.07) is 15.1. The van der Waals surface area contributed by atoms with Gasteiger partial charge in [0, 0.05) is 24.1 Å². The SMILES string of the molecule is CCOC(=O)c1ccc(N=C2S/C(=C\c3cc(C)n(-c4ccc(F)cc4)c3C)C(=O)N2C)cc1. The van der Waals surface area contributed by atoms with Crippen LogP contribution in [0.5, 0.6) is 0 Å². The topological polar surface area (TPSA) is 63.9 Å². The number of thioether (sulfide) groups is 1. The largest absolute Gasteiger partial charge is 0.462 e. The van der Waals surface area contributed by atoms with E-state index in [9.17, 15) is 14.0 Å². The highest BCUT2D eigenvalue weighted by atomic mass is 32.2. The van der Waals surface area contributed by atoms with Crippen molar-refractivity contribution in [2.45, 2.75) is 20.8 Å². The third-order valence-electron chi connectivity index (χ3n) is 5.45. The van der Waals surface area contributed by atoms with E-state index in [-0.39, 0.29) is 17.7 Å². The van der Waals surface area contributed by atoms with Gasteiger partial charge in [0.05, 0.1) is 22.8 Å². The molecule has 0 spiro atoms. The van der Waals surface area contributed by atoms with Gasteiger partial charge in [0.25, 0.3) is 5.91 Å². The molecule has 1 saturated heterocycles. The molecule has 1 aliphatic rings. The van der Waals surface area contributed by atoms with Crippen LogP contribution in [0.25, 0.3) is 11.8 Å². The third kappa shape index (κ3) is 4.68. The number of hydrogen-bond donors (Lipinski definition) is 0. The van der Waals surface area contributed by atoms with E-state index in [4.69, 9.17) is 4.74 Å². The van der Waals surface area contributed by atoms with E-state index >= 15 is 0 Å². The quantitative estimate of drug-likeness (QED) is 0.352. The van der Waals surface area contributed by atoms with E-state index < -0.39 is 0 Å². The number of carbonyl (C=O) groups is 2. The minimum Gasteiger partial charge on any atom is -0.462 e. The number of aryl methyl sites for hydroxylation is 1. The first-order valence-corrected chi connectivity index (χ1v) is 11.6. The molecular weight excluding hydrogens is 453 g/mol. The molecule has 2 heterocycles. The molecule has 0 unspecified atom stereocenters. The van der Waals surface area contributed by atoms with Crippen molar-refractivity contribution >= 4 is 40.6 Å². The van der Waals surface area contributed by atoms with Crippen LogP contribution in [-0.4, -0.2) is 40.2 Å². The van der Waals surface area contributed by atoms with Crippen molar-refractivity contribution in [3.05, 3.63) is 87.8 Å². The minimum atomic E-state index is -0.382. The van der Waals surface area contributed by atoms with Crippen LogP contribution < -0.4 is 0 Å². The molecule has 0 radical (unpaired) electrons. The lowest BCUT2D eigenvalue weighted by Crippen LogP contribution is -2.23. The van der Waals surface area contributed by atoms with Gasteiger partial charge >= 0.3 is 5.97 Å². The molecular formula is C26H24FN3O3S. The van der Waals surface area contributed by atoms with E-state index in [1.807, 2.05) is 30.6 Å². The fourth-order valence-corrected chi connectivity index (χ4v) is 4.69. The molecule has 1 aromatic heterocycles. The number of amides is 1. The number of carbonyl (C=O) groups excluding carboxylic acids is 2. The smallest absolute Gasteiger partial charge is 0.338 e. The van der Waals surface area contributed by atoms with Crippen LogP contribution in [0.2, 0.25) is 0 Å². The van der Waals surface area contributed by atoms with Crippen LogP contribution in [-0.2, 0) is 9.53 Å². The van der Waals surface area contributed by atoms with Crippen LogP contribution in [0.4, 0.5) is 10.1 Å². The number of aromatic nitrogens is 1. The highest BCUT2D eigenvalue weighted by molar-refractivity contribution is 8.18. The summed E-state index contributed by atoms with van der Waals surface area (Å²) in [5, 5.41) is 0.549. The predicted octanol–water partition coefficient (Wildman–Crippen LogP) is 5.64. The van der Waals surface area contributed by atoms with E-state index in [2.05, 4.69) is 4.99 Å². The Morgan fingerprint density at radius 2 is 1.79 bits per heavy atom. The average Bonchev–Trinajstić information content (AvgIpc) is 3.24. The average molecular weight is 478 g/mol. The summed E-state index contributed by atoms with van der Waals surface area (Å²) in [4.78, 5) is 31.4. The number of likely N-dealkylation sites (N-methyl/N-ethyl adjacent to an activating group) is 1. The number of ether oxygens (including phenoxy) is 1. The van der Waals surface area contributed by atoms with Gasteiger partial charge in [0.15, 0.2) is 5.17 Å². The van der Waals surface area contributed by atoms with Gasteiger partial charge in [0.1, 0.15) is 5.82 Å². The Hall–Kier alpha value is -3.65. The summed E-state index contributed by atoms with van der Waals surface area (Å²) in [7, 11) is 1.68. The number of esters is 1. The Morgan fingerprint density at radius 3 is 2.44 bits per heavy atom. The Balaban J connectivity index is 1.59. The lowest BCUT2D eigenvalue weighted by Gasteiger charge is -2.09. The number of rotatable bonds is 5. The van der Waals surface area contributed by atoms with Crippen molar-refractivity contribution in [1.82, 2.24) is 9.47 Å². The molecule has 0 aliphatic carbocycles. The zero-order valence-corrected chi connectivity index (χ0v) is 20.1. The fourth-order valence-electron chi connectivity index (χ4n) is 3.71. The zero-order valence-electron chi connectivity index (χ0n) is 19.3. The molecule has 1 fully saturated rings. The standard InChI is InChI=1S/C26H24FN3O3S/c1-5-33-25(32)18-6-10-21(11-7-18)28-26-29(4)24(31)23(34-26)15-19-14-16(2)30(17(19)3)22-12-8-20(27)9-13-22/h6-15H,5H2,1-4H3/b23-15-,28-26?. The molecule has 4 rings (SSSR count). The molecule has 1 aliphatic heterocycles. The molecule has 34 heavy (non-hydrogen) atoms. The summed E-state index contributed by atoms with van der Waals surface area (Å²) >= 11 is 1.29. The Labute approximate surface area is 201 Å². The number of aliphatic imine (C=N–C) groups is 1. The van der Waals surface area contributed by atoms with Crippen LogP contribution >= 0.6 is 11.8 Å². The number of halogens is 1. The van der Waals surface area contributed by atoms with Crippen molar-refractivity contribution in [3.8, 4) is 5.69 Å². The Morgan fingerprint density at radius 1 is 1.12 bits per heavy atom. The minimum absolute atomic E-state index is 0.140. The van der Waals surface area contributed by atoms with Crippen molar-refractivity contribution in [2.75, 3.05) is 13.7 Å². The second-order valence-corrected chi connectivity index (χ2v) is 8.78. The lowest BCUT2D eigenvalue weighted by atomic mass is 10.2. The fraction of sp³-hybridized carbons (Fsp3) is 0.192. The first kappa shape index (κ1) is 23.5. The van der Waals surface area contributed by atoms with Gasteiger partial charge in [-0.25, -0.2) is 14.2 Å². The Bertz CT molecular complexity index is 1310. The van der Waals surface area contributed by atoms with E-state index in [1.165, 1.54) is 28.8 Å². The molecule has 0 atom stereocenters. The number of nitrogens with zero attached hydrogens (tertiary/aromatic N) is 3. The molecule has 3 aromatic rings. The van der Waals surface area contributed by atoms with Crippen LogP contribution in [0.3, 0.4) is 0 Å². The molecule has 1 amide bonds. The maximum Gasteiger partial charge on any atom is 0.338 e. The number of benzene rings is 2. The summed E-state index contributed by atoms with van der Waals surface area (Å²) in [6.07, 6.45) is 1.86. The van der Waals surface area contributed by atoms with Gasteiger partial charge < -0.3 is 9.30 Å². The highest BCUT2D eigenvalue weighted by Gasteiger charge is 2.30. The van der Waals surface area contributed by atoms with Gasteiger partial charge in [0.2, 0.25) is 0 Å². The van der Waals surface area contributed by atoms with Crippen LogP contribution in [0.15, 0.2) is 64.5 Å². The van der Waals surface area contributed by atoms with Gasteiger partial charge in [-0.1, -0.05) is 0 Å². The molecule has 0 N–H and O–H groups in total. The van der Waals surface area contributed by atoms with Crippen LogP contribution in [0, 0.1) is 19.7 Å². The first-order chi connectivity index (χ1) is 16.3. The molecule has 8 heteroatoms. The Kier molecular flexibility index (Phi) is 6.70. The summed E-state index contributed by atoms with van der Waals surface area (Å²) < 4.78 is 20.4. The van der Waals surface area contributed by atoms with Gasteiger partial charge in [-0.2, -0.15) is 0 Å². The van der Waals surface area contributed by atoms with Crippen molar-refractivity contribution < 1.29 is 18.7 Å². The molecule has 174 valence electrons. The molecule has 0 saturated carbocycles. The molecule has 0 bridgehead atoms. The summed E-state index contributed by atoms with van der Waals surface area (Å²) in [5.41, 5.74) is 4.78. The van der Waals surface area contributed by atoms with Gasteiger partial charge in [-0.15, -0.1) is 0 Å². The second kappa shape index (κ2) is 9.69. The van der Waals surface area contributed by atoms with Crippen LogP contribution in [0.1, 0.15) is 34.2 Å². The highest BCUT2D eigenvalue weighted by Crippen LogP contribution is 2.34. The van der Waals surface area contributed by atoms with E-state index in [0.29, 0.717) is 27.9 Å². The van der Waals surface area contributed by atoms with E-state index in [1.54, 1.807) is 50.4 Å². The molecule has 6 nitrogen and oxygen atoms in total. The second-order valence-electron chi connectivity index (χ2n) is 7.77. The summed E-state index contributed by atoms with van der Waals surface area (Å²) in [6.45, 7) is 6.01. The molecule has 2 aromatic carbocycles. The summed E-state index contributed by atoms with van der Waals surface area (Å²) in [5.74, 6) is -0.807. The zero-order chi connectivity index (χ0) is 24.4. The number of amidine groups is 1. The maximum absolute atomic E-state index is 13.3. The third-order valence-corrected chi connectivity index (χ3v) is 6.51. The maximum atomic E-state index is 13.3. The predicted molar refractivity (Wildman–Crippen MR) is 133 cm³/mol. The van der Waals surface area contributed by atoms with Crippen molar-refractivity contribution in [3.63, 3.8) is 0 Å². The lowest BCUT2D eigenvalue weighted by molar-refractivity contribution is -0.121. The first-order valence-electron chi connectivity index (χ1n) is 10.8. The van der Waals surface area contributed by atoms with Gasteiger partial charge in [-0.05, 0) is 98.8 Å². The number of hydrogen-bond acceptors (Lipinski definition) is 5. The van der Waals surface area contributed by atoms with Crippen molar-refractivity contribution in [2.24, 2.45) is 4.99 Å². The monoisotopic (exact) mass is 477 g/mol. The normalized spacial score (nSPS) is 16.0.